The number of nitrogens with two attached hydrogens (primary N) is 1. The van der Waals surface area contributed by atoms with Crippen molar-refractivity contribution in [1.82, 2.24) is 0 Å². The van der Waals surface area contributed by atoms with Crippen molar-refractivity contribution < 1.29 is 18.6 Å². The molecule has 0 aliphatic carbocycles. The Bertz CT molecular complexity index is 419. The van der Waals surface area contributed by atoms with Crippen LogP contribution in [-0.4, -0.2) is 24.9 Å². The first-order valence-corrected chi connectivity index (χ1v) is 6.00. The van der Waals surface area contributed by atoms with Crippen LogP contribution >= 0.6 is 0 Å². The fourth-order valence-electron chi connectivity index (χ4n) is 2.43. The summed E-state index contributed by atoms with van der Waals surface area (Å²) >= 11 is 0. The minimum atomic E-state index is -1.11. The summed E-state index contributed by atoms with van der Waals surface area (Å²) in [7, 11) is 0. The van der Waals surface area contributed by atoms with Gasteiger partial charge in [-0.25, -0.2) is 8.78 Å². The molecule has 0 radical (unpaired) electrons. The predicted octanol–water partition coefficient (Wildman–Crippen LogP) is 1.75. The van der Waals surface area contributed by atoms with Gasteiger partial charge in [-0.2, -0.15) is 0 Å². The summed E-state index contributed by atoms with van der Waals surface area (Å²) < 4.78 is 32.1. The van der Waals surface area contributed by atoms with Crippen molar-refractivity contribution in [2.75, 3.05) is 19.8 Å². The van der Waals surface area contributed by atoms with Crippen LogP contribution in [0.25, 0.3) is 0 Å². The minimum Gasteiger partial charge on any atom is -0.388 e. The summed E-state index contributed by atoms with van der Waals surface area (Å²) in [6.45, 7) is 1.17. The molecule has 0 spiro atoms. The second-order valence-electron chi connectivity index (χ2n) is 4.72. The molecule has 18 heavy (non-hydrogen) atoms. The number of ether oxygens (including phenoxy) is 1. The van der Waals surface area contributed by atoms with Gasteiger partial charge in [0.1, 0.15) is 0 Å². The van der Waals surface area contributed by atoms with Crippen LogP contribution in [0.1, 0.15) is 24.5 Å². The van der Waals surface area contributed by atoms with Crippen LogP contribution in [0.15, 0.2) is 18.2 Å². The molecule has 100 valence electrons. The van der Waals surface area contributed by atoms with E-state index in [2.05, 4.69) is 0 Å². The lowest BCUT2D eigenvalue weighted by atomic mass is 9.73. The first-order chi connectivity index (χ1) is 8.60. The number of halogens is 2. The summed E-state index contributed by atoms with van der Waals surface area (Å²) in [5.41, 5.74) is 5.08. The summed E-state index contributed by atoms with van der Waals surface area (Å²) in [5, 5.41) is 10.4. The lowest BCUT2D eigenvalue weighted by Crippen LogP contribution is -2.42. The van der Waals surface area contributed by atoms with Gasteiger partial charge in [0.15, 0.2) is 11.6 Å². The fourth-order valence-corrected chi connectivity index (χ4v) is 2.43. The van der Waals surface area contributed by atoms with Gasteiger partial charge in [0, 0.05) is 30.7 Å². The second-order valence-corrected chi connectivity index (χ2v) is 4.72. The summed E-state index contributed by atoms with van der Waals surface area (Å²) in [5.74, 6) is -1.95. The SMILES string of the molecule is NCC1(C(O)c2cccc(F)c2F)CCOCC1. The number of benzene rings is 1. The Labute approximate surface area is 105 Å². The molecule has 0 aromatic heterocycles. The zero-order valence-electron chi connectivity index (χ0n) is 10.0. The van der Waals surface area contributed by atoms with Gasteiger partial charge in [-0.1, -0.05) is 12.1 Å². The molecule has 1 saturated heterocycles. The Balaban J connectivity index is 2.33. The average molecular weight is 257 g/mol. The standard InChI is InChI=1S/C13H17F2NO2/c14-10-3-1-2-9(11(10)15)12(17)13(8-16)4-6-18-7-5-13/h1-3,12,17H,4-8,16H2. The Morgan fingerprint density at radius 2 is 2.00 bits per heavy atom. The maximum atomic E-state index is 13.7. The maximum Gasteiger partial charge on any atom is 0.164 e. The van der Waals surface area contributed by atoms with E-state index >= 15 is 0 Å². The van der Waals surface area contributed by atoms with Crippen molar-refractivity contribution in [2.45, 2.75) is 18.9 Å². The number of rotatable bonds is 3. The molecule has 1 unspecified atom stereocenters. The van der Waals surface area contributed by atoms with Crippen LogP contribution in [0.5, 0.6) is 0 Å². The summed E-state index contributed by atoms with van der Waals surface area (Å²) in [6.07, 6.45) is -0.0246. The van der Waals surface area contributed by atoms with E-state index in [9.17, 15) is 13.9 Å². The van der Waals surface area contributed by atoms with Crippen LogP contribution in [0.3, 0.4) is 0 Å². The highest BCUT2D eigenvalue weighted by Crippen LogP contribution is 2.42. The van der Waals surface area contributed by atoms with Crippen LogP contribution in [0.2, 0.25) is 0 Å². The number of hydrogen-bond donors (Lipinski definition) is 2. The first kappa shape index (κ1) is 13.4. The maximum absolute atomic E-state index is 13.7. The summed E-state index contributed by atoms with van der Waals surface area (Å²) in [4.78, 5) is 0. The lowest BCUT2D eigenvalue weighted by Gasteiger charge is -2.40. The minimum absolute atomic E-state index is 0.0256. The second kappa shape index (κ2) is 5.30. The van der Waals surface area contributed by atoms with E-state index in [1.807, 2.05) is 0 Å². The number of hydrogen-bond acceptors (Lipinski definition) is 3. The topological polar surface area (TPSA) is 55.5 Å². The Hall–Kier alpha value is -1.04. The van der Waals surface area contributed by atoms with Crippen LogP contribution in [0, 0.1) is 17.0 Å². The molecule has 1 fully saturated rings. The first-order valence-electron chi connectivity index (χ1n) is 6.00. The molecule has 0 amide bonds. The largest absolute Gasteiger partial charge is 0.388 e. The molecule has 1 aromatic carbocycles. The zero-order chi connectivity index (χ0) is 13.2. The highest BCUT2D eigenvalue weighted by molar-refractivity contribution is 5.23. The van der Waals surface area contributed by atoms with Gasteiger partial charge in [0.2, 0.25) is 0 Å². The van der Waals surface area contributed by atoms with Crippen molar-refractivity contribution in [3.63, 3.8) is 0 Å². The Morgan fingerprint density at radius 1 is 1.33 bits per heavy atom. The highest BCUT2D eigenvalue weighted by Gasteiger charge is 2.40. The van der Waals surface area contributed by atoms with E-state index < -0.39 is 23.2 Å². The third-order valence-electron chi connectivity index (χ3n) is 3.75. The third-order valence-corrected chi connectivity index (χ3v) is 3.75. The van der Waals surface area contributed by atoms with E-state index in [0.717, 1.165) is 6.07 Å². The van der Waals surface area contributed by atoms with Crippen LogP contribution < -0.4 is 5.73 Å². The monoisotopic (exact) mass is 257 g/mol. The molecule has 1 atom stereocenters. The number of aliphatic hydroxyl groups is 1. The van der Waals surface area contributed by atoms with Crippen LogP contribution in [0.4, 0.5) is 8.78 Å². The Kier molecular flexibility index (Phi) is 3.94. The van der Waals surface area contributed by atoms with Gasteiger partial charge in [-0.05, 0) is 18.9 Å². The lowest BCUT2D eigenvalue weighted by molar-refractivity contribution is -0.0595. The molecule has 0 saturated carbocycles. The predicted molar refractivity (Wildman–Crippen MR) is 62.9 cm³/mol. The molecule has 3 N–H and O–H groups in total. The summed E-state index contributed by atoms with van der Waals surface area (Å²) in [6, 6.07) is 3.82. The third kappa shape index (κ3) is 2.25. The van der Waals surface area contributed by atoms with E-state index in [1.54, 1.807) is 0 Å². The van der Waals surface area contributed by atoms with Gasteiger partial charge in [-0.15, -0.1) is 0 Å². The number of aliphatic hydroxyl groups excluding tert-OH is 1. The molecule has 5 heteroatoms. The van der Waals surface area contributed by atoms with Gasteiger partial charge < -0.3 is 15.6 Å². The van der Waals surface area contributed by atoms with Gasteiger partial charge in [0.25, 0.3) is 0 Å². The van der Waals surface area contributed by atoms with Gasteiger partial charge in [-0.3, -0.25) is 0 Å². The highest BCUT2D eigenvalue weighted by atomic mass is 19.2. The molecule has 1 aromatic rings. The van der Waals surface area contributed by atoms with E-state index in [1.165, 1.54) is 12.1 Å². The fraction of sp³-hybridized carbons (Fsp3) is 0.538. The smallest absolute Gasteiger partial charge is 0.164 e. The molecule has 2 rings (SSSR count). The average Bonchev–Trinajstić information content (AvgIpc) is 2.42. The molecule has 3 nitrogen and oxygen atoms in total. The molecule has 1 heterocycles. The zero-order valence-corrected chi connectivity index (χ0v) is 10.0. The van der Waals surface area contributed by atoms with Crippen molar-refractivity contribution >= 4 is 0 Å². The molecular weight excluding hydrogens is 240 g/mol. The van der Waals surface area contributed by atoms with Crippen molar-refractivity contribution in [2.24, 2.45) is 11.1 Å². The molecule has 1 aliphatic rings. The Morgan fingerprint density at radius 3 is 2.61 bits per heavy atom. The van der Waals surface area contributed by atoms with E-state index in [4.69, 9.17) is 10.5 Å². The molecule has 0 bridgehead atoms. The van der Waals surface area contributed by atoms with Crippen LogP contribution in [-0.2, 0) is 4.74 Å². The normalized spacial score (nSPS) is 20.7. The van der Waals surface area contributed by atoms with E-state index in [-0.39, 0.29) is 12.1 Å². The van der Waals surface area contributed by atoms with Gasteiger partial charge >= 0.3 is 0 Å². The molecular formula is C13H17F2NO2. The van der Waals surface area contributed by atoms with Gasteiger partial charge in [0.05, 0.1) is 6.10 Å². The van der Waals surface area contributed by atoms with Crippen molar-refractivity contribution in [3.8, 4) is 0 Å². The van der Waals surface area contributed by atoms with Crippen molar-refractivity contribution in [1.29, 1.82) is 0 Å². The quantitative estimate of drug-likeness (QED) is 0.867. The van der Waals surface area contributed by atoms with Crippen molar-refractivity contribution in [3.05, 3.63) is 35.4 Å². The molecule has 1 aliphatic heterocycles. The van der Waals surface area contributed by atoms with E-state index in [0.29, 0.717) is 26.1 Å².